The fourth-order valence-electron chi connectivity index (χ4n) is 3.53. The summed E-state index contributed by atoms with van der Waals surface area (Å²) >= 11 is 0. The van der Waals surface area contributed by atoms with Gasteiger partial charge in [-0.1, -0.05) is 37.5 Å². The lowest BCUT2D eigenvalue weighted by molar-refractivity contribution is -0.119. The predicted octanol–water partition coefficient (Wildman–Crippen LogP) is 2.60. The highest BCUT2D eigenvalue weighted by Gasteiger charge is 2.28. The number of hydrogen-bond acceptors (Lipinski definition) is 2. The molecule has 0 radical (unpaired) electrons. The van der Waals surface area contributed by atoms with E-state index >= 15 is 0 Å². The Kier molecular flexibility index (Phi) is 4.84. The van der Waals surface area contributed by atoms with Crippen LogP contribution in [0.2, 0.25) is 0 Å². The Morgan fingerprint density at radius 2 is 1.91 bits per heavy atom. The molecule has 0 aromatic heterocycles. The van der Waals surface area contributed by atoms with Crippen molar-refractivity contribution in [2.45, 2.75) is 57.5 Å². The number of urea groups is 1. The minimum Gasteiger partial charge on any atom is -0.335 e. The highest BCUT2D eigenvalue weighted by molar-refractivity contribution is 6.00. The van der Waals surface area contributed by atoms with E-state index in [0.29, 0.717) is 6.54 Å². The van der Waals surface area contributed by atoms with E-state index in [1.807, 2.05) is 18.2 Å². The van der Waals surface area contributed by atoms with Gasteiger partial charge in [-0.15, -0.1) is 0 Å². The first kappa shape index (κ1) is 15.8. The third-order valence-electron chi connectivity index (χ3n) is 4.81. The Balaban J connectivity index is 1.54. The van der Waals surface area contributed by atoms with Gasteiger partial charge in [0, 0.05) is 18.3 Å². The van der Waals surface area contributed by atoms with Gasteiger partial charge in [0.15, 0.2) is 0 Å². The van der Waals surface area contributed by atoms with Gasteiger partial charge in [0.25, 0.3) is 0 Å². The number of rotatable bonds is 3. The monoisotopic (exact) mass is 315 g/mol. The molecule has 0 unspecified atom stereocenters. The number of benzene rings is 1. The van der Waals surface area contributed by atoms with Gasteiger partial charge < -0.3 is 15.5 Å². The van der Waals surface area contributed by atoms with E-state index in [0.717, 1.165) is 24.9 Å². The van der Waals surface area contributed by atoms with Crippen LogP contribution in [0.15, 0.2) is 24.3 Å². The summed E-state index contributed by atoms with van der Waals surface area (Å²) in [4.78, 5) is 26.5. The van der Waals surface area contributed by atoms with Crippen LogP contribution in [-0.4, -0.2) is 30.6 Å². The summed E-state index contributed by atoms with van der Waals surface area (Å²) in [6.07, 6.45) is 6.55. The van der Waals surface area contributed by atoms with Crippen molar-refractivity contribution >= 4 is 17.6 Å². The highest BCUT2D eigenvalue weighted by atomic mass is 16.2. The fourth-order valence-corrected chi connectivity index (χ4v) is 3.53. The maximum atomic E-state index is 12.6. The van der Waals surface area contributed by atoms with Crippen LogP contribution in [0, 0.1) is 0 Å². The van der Waals surface area contributed by atoms with Gasteiger partial charge in [0.2, 0.25) is 5.91 Å². The lowest BCUT2D eigenvalue weighted by Crippen LogP contribution is -2.51. The van der Waals surface area contributed by atoms with Crippen LogP contribution in [0.4, 0.5) is 10.5 Å². The van der Waals surface area contributed by atoms with Crippen molar-refractivity contribution < 1.29 is 9.59 Å². The molecule has 0 saturated heterocycles. The number of carbonyl (C=O) groups is 2. The topological polar surface area (TPSA) is 61.4 Å². The summed E-state index contributed by atoms with van der Waals surface area (Å²) in [6.45, 7) is 2.44. The van der Waals surface area contributed by atoms with Gasteiger partial charge in [-0.05, 0) is 37.8 Å². The van der Waals surface area contributed by atoms with Crippen molar-refractivity contribution in [2.24, 2.45) is 0 Å². The Bertz CT molecular complexity index is 581. The lowest BCUT2D eigenvalue weighted by atomic mass is 9.96. The van der Waals surface area contributed by atoms with Crippen molar-refractivity contribution in [1.29, 1.82) is 0 Å². The Labute approximate surface area is 137 Å². The highest BCUT2D eigenvalue weighted by Crippen LogP contribution is 2.27. The van der Waals surface area contributed by atoms with Crippen LogP contribution in [0.25, 0.3) is 0 Å². The quantitative estimate of drug-likeness (QED) is 0.900. The minimum absolute atomic E-state index is 0.0475. The second-order valence-electron chi connectivity index (χ2n) is 6.54. The summed E-state index contributed by atoms with van der Waals surface area (Å²) in [5.74, 6) is -0.0475. The molecular weight excluding hydrogens is 290 g/mol. The first-order valence-corrected chi connectivity index (χ1v) is 8.61. The standard InChI is InChI=1S/C18H25N3O2/c1-13(19-18(23)20-15-8-3-2-4-9-15)17(22)21-12-11-14-7-5-6-10-16(14)21/h5-7,10,13,15H,2-4,8-9,11-12H2,1H3,(H2,19,20,23)/t13-/m0/s1. The third-order valence-corrected chi connectivity index (χ3v) is 4.81. The Hall–Kier alpha value is -2.04. The number of amides is 3. The van der Waals surface area contributed by atoms with E-state index in [4.69, 9.17) is 0 Å². The van der Waals surface area contributed by atoms with Gasteiger partial charge >= 0.3 is 6.03 Å². The van der Waals surface area contributed by atoms with Crippen LogP contribution in [0.1, 0.15) is 44.6 Å². The van der Waals surface area contributed by atoms with E-state index in [1.54, 1.807) is 11.8 Å². The van der Waals surface area contributed by atoms with Crippen molar-refractivity contribution in [3.63, 3.8) is 0 Å². The largest absolute Gasteiger partial charge is 0.335 e. The van der Waals surface area contributed by atoms with Gasteiger partial charge in [-0.25, -0.2) is 4.79 Å². The lowest BCUT2D eigenvalue weighted by Gasteiger charge is -2.25. The third kappa shape index (κ3) is 3.66. The maximum absolute atomic E-state index is 12.6. The Morgan fingerprint density at radius 3 is 2.70 bits per heavy atom. The second kappa shape index (κ2) is 7.02. The molecule has 23 heavy (non-hydrogen) atoms. The smallest absolute Gasteiger partial charge is 0.315 e. The van der Waals surface area contributed by atoms with E-state index in [9.17, 15) is 9.59 Å². The van der Waals surface area contributed by atoms with E-state index in [1.165, 1.54) is 24.8 Å². The number of hydrogen-bond donors (Lipinski definition) is 2. The van der Waals surface area contributed by atoms with Crippen LogP contribution < -0.4 is 15.5 Å². The summed E-state index contributed by atoms with van der Waals surface area (Å²) in [5.41, 5.74) is 2.17. The number of anilines is 1. The molecule has 2 N–H and O–H groups in total. The summed E-state index contributed by atoms with van der Waals surface area (Å²) in [5, 5.41) is 5.79. The van der Waals surface area contributed by atoms with Gasteiger partial charge in [-0.3, -0.25) is 4.79 Å². The molecule has 0 bridgehead atoms. The Morgan fingerprint density at radius 1 is 1.17 bits per heavy atom. The second-order valence-corrected chi connectivity index (χ2v) is 6.54. The summed E-state index contributed by atoms with van der Waals surface area (Å²) in [6, 6.07) is 7.45. The number of carbonyl (C=O) groups excluding carboxylic acids is 2. The fraction of sp³-hybridized carbons (Fsp3) is 0.556. The molecule has 124 valence electrons. The zero-order valence-corrected chi connectivity index (χ0v) is 13.7. The zero-order chi connectivity index (χ0) is 16.2. The molecule has 1 saturated carbocycles. The number of fused-ring (bicyclic) bond motifs is 1. The maximum Gasteiger partial charge on any atom is 0.315 e. The van der Waals surface area contributed by atoms with Crippen LogP contribution in [-0.2, 0) is 11.2 Å². The van der Waals surface area contributed by atoms with Crippen LogP contribution in [0.5, 0.6) is 0 Å². The van der Waals surface area contributed by atoms with Crippen LogP contribution in [0.3, 0.4) is 0 Å². The zero-order valence-electron chi connectivity index (χ0n) is 13.7. The first-order valence-electron chi connectivity index (χ1n) is 8.61. The first-order chi connectivity index (χ1) is 11.1. The van der Waals surface area contributed by atoms with Crippen molar-refractivity contribution in [3.05, 3.63) is 29.8 Å². The predicted molar refractivity (Wildman–Crippen MR) is 90.5 cm³/mol. The van der Waals surface area contributed by atoms with Gasteiger partial charge in [0.1, 0.15) is 6.04 Å². The van der Waals surface area contributed by atoms with E-state index in [-0.39, 0.29) is 18.0 Å². The molecule has 3 amide bonds. The normalized spacial score (nSPS) is 19.1. The average molecular weight is 315 g/mol. The molecule has 1 aliphatic carbocycles. The summed E-state index contributed by atoms with van der Waals surface area (Å²) in [7, 11) is 0. The number of para-hydroxylation sites is 1. The molecule has 1 aromatic rings. The summed E-state index contributed by atoms with van der Waals surface area (Å²) < 4.78 is 0. The molecule has 3 rings (SSSR count). The number of nitrogens with one attached hydrogen (secondary N) is 2. The van der Waals surface area contributed by atoms with E-state index in [2.05, 4.69) is 16.7 Å². The molecule has 5 nitrogen and oxygen atoms in total. The molecule has 1 aromatic carbocycles. The molecule has 1 atom stereocenters. The van der Waals surface area contributed by atoms with Gasteiger partial charge in [0.05, 0.1) is 0 Å². The molecule has 1 fully saturated rings. The van der Waals surface area contributed by atoms with Gasteiger partial charge in [-0.2, -0.15) is 0 Å². The van der Waals surface area contributed by atoms with E-state index < -0.39 is 6.04 Å². The number of nitrogens with zero attached hydrogens (tertiary/aromatic N) is 1. The SMILES string of the molecule is C[C@H](NC(=O)NC1CCCCC1)C(=O)N1CCc2ccccc21. The molecule has 5 heteroatoms. The molecule has 0 spiro atoms. The van der Waals surface area contributed by atoms with Crippen molar-refractivity contribution in [2.75, 3.05) is 11.4 Å². The minimum atomic E-state index is -0.523. The van der Waals surface area contributed by atoms with Crippen molar-refractivity contribution in [1.82, 2.24) is 10.6 Å². The molecule has 1 aliphatic heterocycles. The molecule has 2 aliphatic rings. The van der Waals surface area contributed by atoms with Crippen LogP contribution >= 0.6 is 0 Å². The van der Waals surface area contributed by atoms with Crippen molar-refractivity contribution in [3.8, 4) is 0 Å². The molecular formula is C18H25N3O2. The average Bonchev–Trinajstić information content (AvgIpc) is 2.99. The molecule has 1 heterocycles.